The molecule has 0 amide bonds. The van der Waals surface area contributed by atoms with Crippen molar-refractivity contribution in [2.75, 3.05) is 13.2 Å². The zero-order chi connectivity index (χ0) is 61.9. The third kappa shape index (κ3) is 72.8. The van der Waals surface area contributed by atoms with Gasteiger partial charge in [-0.2, -0.15) is 0 Å². The van der Waals surface area contributed by atoms with Crippen molar-refractivity contribution in [1.29, 1.82) is 0 Å². The number of allylic oxidation sites excluding steroid dienone is 20. The number of hydrogen-bond acceptors (Lipinski definition) is 5. The van der Waals surface area contributed by atoms with Crippen LogP contribution >= 0.6 is 0 Å². The molecule has 0 saturated carbocycles. The molecule has 0 aliphatic rings. The molecular weight excluding hydrogens is 1050 g/mol. The summed E-state index contributed by atoms with van der Waals surface area (Å²) in [4.78, 5) is 24.7. The third-order valence-electron chi connectivity index (χ3n) is 16.2. The van der Waals surface area contributed by atoms with Crippen LogP contribution in [0, 0.1) is 0 Å². The average molecular weight is 1190 g/mol. The van der Waals surface area contributed by atoms with Gasteiger partial charge in [0.1, 0.15) is 6.61 Å². The lowest BCUT2D eigenvalue weighted by Crippen LogP contribution is -2.28. The Bertz CT molecular complexity index is 1690. The van der Waals surface area contributed by atoms with Crippen molar-refractivity contribution >= 4 is 11.9 Å². The molecule has 494 valence electrons. The molecule has 1 unspecified atom stereocenters. The monoisotopic (exact) mass is 1190 g/mol. The summed E-state index contributed by atoms with van der Waals surface area (Å²) in [5, 5.41) is 9.71. The molecule has 86 heavy (non-hydrogen) atoms. The van der Waals surface area contributed by atoms with Gasteiger partial charge in [0.15, 0.2) is 6.10 Å². The Labute approximate surface area is 534 Å². The van der Waals surface area contributed by atoms with Crippen LogP contribution in [0.4, 0.5) is 0 Å². The van der Waals surface area contributed by atoms with E-state index in [1.54, 1.807) is 0 Å². The molecule has 0 spiro atoms. The number of unbranched alkanes of at least 4 members (excludes halogenated alkanes) is 40. The van der Waals surface area contributed by atoms with E-state index in [0.29, 0.717) is 12.8 Å². The van der Waals surface area contributed by atoms with E-state index in [-0.39, 0.29) is 25.2 Å². The Morgan fingerprint density at radius 3 is 0.756 bits per heavy atom. The van der Waals surface area contributed by atoms with Gasteiger partial charge < -0.3 is 14.6 Å². The summed E-state index contributed by atoms with van der Waals surface area (Å²) >= 11 is 0. The molecular formula is C81H140O5. The third-order valence-corrected chi connectivity index (χ3v) is 16.2. The van der Waals surface area contributed by atoms with Gasteiger partial charge in [0.2, 0.25) is 0 Å². The minimum absolute atomic E-state index is 0.0686. The lowest BCUT2D eigenvalue weighted by Gasteiger charge is -2.15. The van der Waals surface area contributed by atoms with Gasteiger partial charge in [0.05, 0.1) is 6.61 Å². The first-order valence-electron chi connectivity index (χ1n) is 37.1. The quantitative estimate of drug-likeness (QED) is 0.0373. The molecule has 5 nitrogen and oxygen atoms in total. The fourth-order valence-corrected chi connectivity index (χ4v) is 10.7. The number of hydrogen-bond donors (Lipinski definition) is 1. The van der Waals surface area contributed by atoms with Crippen LogP contribution in [0.1, 0.15) is 361 Å². The van der Waals surface area contributed by atoms with Gasteiger partial charge in [-0.05, 0) is 109 Å². The zero-order valence-electron chi connectivity index (χ0n) is 56.8. The second kappa shape index (κ2) is 75.5. The van der Waals surface area contributed by atoms with Gasteiger partial charge in [-0.3, -0.25) is 9.59 Å². The Balaban J connectivity index is 3.45. The lowest BCUT2D eigenvalue weighted by atomic mass is 10.0. The van der Waals surface area contributed by atoms with Crippen LogP contribution in [0.3, 0.4) is 0 Å². The van der Waals surface area contributed by atoms with E-state index in [1.807, 2.05) is 0 Å². The molecule has 0 bridgehead atoms. The molecule has 0 radical (unpaired) electrons. The van der Waals surface area contributed by atoms with Crippen LogP contribution in [0.2, 0.25) is 0 Å². The molecule has 0 aromatic rings. The number of carbonyl (C=O) groups excluding carboxylic acids is 2. The second-order valence-electron chi connectivity index (χ2n) is 24.6. The first-order valence-corrected chi connectivity index (χ1v) is 37.1. The van der Waals surface area contributed by atoms with E-state index < -0.39 is 6.10 Å². The van der Waals surface area contributed by atoms with Crippen molar-refractivity contribution < 1.29 is 24.2 Å². The average Bonchev–Trinajstić information content (AvgIpc) is 3.55. The fraction of sp³-hybridized carbons (Fsp3) is 0.728. The number of carbonyl (C=O) groups is 2. The maximum absolute atomic E-state index is 12.4. The fourth-order valence-electron chi connectivity index (χ4n) is 10.7. The van der Waals surface area contributed by atoms with Crippen molar-refractivity contribution in [3.8, 4) is 0 Å². The Kier molecular flexibility index (Phi) is 72.3. The molecule has 0 aliphatic heterocycles. The maximum Gasteiger partial charge on any atom is 0.306 e. The zero-order valence-corrected chi connectivity index (χ0v) is 56.8. The highest BCUT2D eigenvalue weighted by molar-refractivity contribution is 5.70. The van der Waals surface area contributed by atoms with E-state index in [9.17, 15) is 14.7 Å². The van der Waals surface area contributed by atoms with Crippen molar-refractivity contribution in [2.45, 2.75) is 367 Å². The summed E-state index contributed by atoms with van der Waals surface area (Å²) in [5.41, 5.74) is 0. The molecule has 0 heterocycles. The molecule has 1 N–H and O–H groups in total. The predicted octanol–water partition coefficient (Wildman–Crippen LogP) is 26.1. The molecule has 1 atom stereocenters. The highest BCUT2D eigenvalue weighted by atomic mass is 16.6. The SMILES string of the molecule is CC/C=C\C/C=C\C/C=C\C/C=C\C/C=C\C/C=C\C/C=C\CCCCCCCCCCCCCC(=O)OC(CO)COC(=O)CCCCCCCCCCCCCCCCCCCCCCCCCC/C=C\C/C=C\C/C=C\CCCCCCC. The van der Waals surface area contributed by atoms with Gasteiger partial charge in [-0.25, -0.2) is 0 Å². The minimum Gasteiger partial charge on any atom is -0.462 e. The van der Waals surface area contributed by atoms with Gasteiger partial charge in [-0.1, -0.05) is 360 Å². The molecule has 0 aromatic heterocycles. The Morgan fingerprint density at radius 1 is 0.279 bits per heavy atom. The van der Waals surface area contributed by atoms with Gasteiger partial charge in [-0.15, -0.1) is 0 Å². The predicted molar refractivity (Wildman–Crippen MR) is 380 cm³/mol. The summed E-state index contributed by atoms with van der Waals surface area (Å²) in [6, 6.07) is 0. The number of ether oxygens (including phenoxy) is 2. The van der Waals surface area contributed by atoms with E-state index in [0.717, 1.165) is 96.3 Å². The van der Waals surface area contributed by atoms with Gasteiger partial charge >= 0.3 is 11.9 Å². The highest BCUT2D eigenvalue weighted by Crippen LogP contribution is 2.18. The van der Waals surface area contributed by atoms with Crippen molar-refractivity contribution in [3.63, 3.8) is 0 Å². The first kappa shape index (κ1) is 82.3. The smallest absolute Gasteiger partial charge is 0.306 e. The van der Waals surface area contributed by atoms with Crippen LogP contribution in [0.5, 0.6) is 0 Å². The van der Waals surface area contributed by atoms with Gasteiger partial charge in [0, 0.05) is 12.8 Å². The number of aliphatic hydroxyl groups is 1. The summed E-state index contributed by atoms with van der Waals surface area (Å²) < 4.78 is 10.8. The summed E-state index contributed by atoms with van der Waals surface area (Å²) in [6.07, 6.45) is 111. The van der Waals surface area contributed by atoms with Crippen LogP contribution in [0.25, 0.3) is 0 Å². The largest absolute Gasteiger partial charge is 0.462 e. The van der Waals surface area contributed by atoms with Crippen molar-refractivity contribution in [1.82, 2.24) is 0 Å². The molecule has 0 aromatic carbocycles. The summed E-state index contributed by atoms with van der Waals surface area (Å²) in [6.45, 7) is 4.04. The molecule has 0 aliphatic carbocycles. The molecule has 0 saturated heterocycles. The standard InChI is InChI=1S/C81H140O5/c1-3-5-7-9-11-13-15-17-19-21-23-25-27-29-31-33-35-37-38-39-40-41-42-44-45-47-49-51-53-55-57-59-61-63-65-67-69-71-73-75-80(83)85-78-79(77-82)86-81(84)76-74-72-70-68-66-64-62-60-58-56-54-52-50-48-46-43-36-34-32-30-28-26-24-22-20-18-16-14-12-10-8-6-4-2/h6,8,12,14-15,17-18,20-21,23-24,26-27,29-30,32,36,43,48,50,79,82H,3-5,7,9-11,13,16,19,22,25,28,31,33-35,37-42,44-47,49,51-78H2,1-2H3/b8-6-,14-12-,17-15-,20-18-,23-21-,26-24-,29-27-,32-30-,43-36-,50-48-. The van der Waals surface area contributed by atoms with E-state index in [4.69, 9.17) is 9.47 Å². The van der Waals surface area contributed by atoms with E-state index in [1.165, 1.54) is 238 Å². The normalized spacial score (nSPS) is 12.9. The van der Waals surface area contributed by atoms with Crippen LogP contribution < -0.4 is 0 Å². The Hall–Kier alpha value is -3.70. The van der Waals surface area contributed by atoms with Crippen LogP contribution in [-0.2, 0) is 19.1 Å². The van der Waals surface area contributed by atoms with Crippen molar-refractivity contribution in [3.05, 3.63) is 122 Å². The Morgan fingerprint density at radius 2 is 0.500 bits per heavy atom. The van der Waals surface area contributed by atoms with Crippen LogP contribution in [0.15, 0.2) is 122 Å². The highest BCUT2D eigenvalue weighted by Gasteiger charge is 2.16. The topological polar surface area (TPSA) is 72.8 Å². The maximum atomic E-state index is 12.4. The lowest BCUT2D eigenvalue weighted by molar-refractivity contribution is -0.161. The summed E-state index contributed by atoms with van der Waals surface area (Å²) in [7, 11) is 0. The van der Waals surface area contributed by atoms with Crippen molar-refractivity contribution in [2.24, 2.45) is 0 Å². The molecule has 0 rings (SSSR count). The molecule has 5 heteroatoms. The van der Waals surface area contributed by atoms with E-state index in [2.05, 4.69) is 135 Å². The first-order chi connectivity index (χ1) is 42.6. The summed E-state index contributed by atoms with van der Waals surface area (Å²) in [5.74, 6) is -0.584. The number of esters is 2. The van der Waals surface area contributed by atoms with E-state index >= 15 is 0 Å². The minimum atomic E-state index is -0.781. The van der Waals surface area contributed by atoms with Gasteiger partial charge in [0.25, 0.3) is 0 Å². The molecule has 0 fully saturated rings. The van der Waals surface area contributed by atoms with Crippen LogP contribution in [-0.4, -0.2) is 36.4 Å². The second-order valence-corrected chi connectivity index (χ2v) is 24.6. The number of rotatable bonds is 68. The number of aliphatic hydroxyl groups excluding tert-OH is 1.